The molecule has 30 heavy (non-hydrogen) atoms. The molecule has 0 aliphatic heterocycles. The summed E-state index contributed by atoms with van der Waals surface area (Å²) in [5.41, 5.74) is 0.811. The number of nitro groups is 1. The van der Waals surface area contributed by atoms with E-state index >= 15 is 0 Å². The number of esters is 1. The van der Waals surface area contributed by atoms with E-state index in [2.05, 4.69) is 10.6 Å². The number of thiophene rings is 1. The highest BCUT2D eigenvalue weighted by Gasteiger charge is 2.13. The summed E-state index contributed by atoms with van der Waals surface area (Å²) >= 11 is 1.29. The molecule has 2 amide bonds. The molecule has 0 radical (unpaired) electrons. The van der Waals surface area contributed by atoms with E-state index in [1.54, 1.807) is 29.6 Å². The van der Waals surface area contributed by atoms with Gasteiger partial charge in [-0.25, -0.2) is 4.79 Å². The summed E-state index contributed by atoms with van der Waals surface area (Å²) in [4.78, 5) is 46.8. The molecule has 0 unspecified atom stereocenters. The SMILES string of the molecule is O=C(COC(=O)c1cccc(NC(=O)c2cccs2)c1)Nc1ccc([N+](=O)[O-])cc1. The zero-order valence-electron chi connectivity index (χ0n) is 15.4. The average molecular weight is 425 g/mol. The fraction of sp³-hybridized carbons (Fsp3) is 0.0500. The van der Waals surface area contributed by atoms with E-state index in [1.165, 1.54) is 47.7 Å². The molecule has 3 aromatic rings. The van der Waals surface area contributed by atoms with Gasteiger partial charge >= 0.3 is 5.97 Å². The molecule has 1 aromatic heterocycles. The van der Waals surface area contributed by atoms with Crippen LogP contribution in [-0.2, 0) is 9.53 Å². The van der Waals surface area contributed by atoms with Crippen molar-refractivity contribution in [1.29, 1.82) is 0 Å². The number of carbonyl (C=O) groups excluding carboxylic acids is 3. The van der Waals surface area contributed by atoms with Crippen LogP contribution >= 0.6 is 11.3 Å². The minimum Gasteiger partial charge on any atom is -0.452 e. The van der Waals surface area contributed by atoms with Gasteiger partial charge in [-0.1, -0.05) is 12.1 Å². The van der Waals surface area contributed by atoms with Gasteiger partial charge in [0.25, 0.3) is 17.5 Å². The smallest absolute Gasteiger partial charge is 0.338 e. The topological polar surface area (TPSA) is 128 Å². The molecular weight excluding hydrogens is 410 g/mol. The van der Waals surface area contributed by atoms with Crippen molar-refractivity contribution < 1.29 is 24.0 Å². The van der Waals surface area contributed by atoms with Gasteiger partial charge in [-0.3, -0.25) is 19.7 Å². The van der Waals surface area contributed by atoms with E-state index < -0.39 is 23.4 Å². The van der Waals surface area contributed by atoms with Gasteiger partial charge in [0.15, 0.2) is 6.61 Å². The van der Waals surface area contributed by atoms with E-state index in [4.69, 9.17) is 4.74 Å². The van der Waals surface area contributed by atoms with Crippen LogP contribution < -0.4 is 10.6 Å². The lowest BCUT2D eigenvalue weighted by molar-refractivity contribution is -0.384. The Balaban J connectivity index is 1.53. The van der Waals surface area contributed by atoms with Gasteiger partial charge in [-0.15, -0.1) is 11.3 Å². The van der Waals surface area contributed by atoms with Gasteiger partial charge in [0.2, 0.25) is 0 Å². The Kier molecular flexibility index (Phi) is 6.50. The molecule has 9 nitrogen and oxygen atoms in total. The van der Waals surface area contributed by atoms with E-state index in [9.17, 15) is 24.5 Å². The van der Waals surface area contributed by atoms with Gasteiger partial charge < -0.3 is 15.4 Å². The standard InChI is InChI=1S/C20H15N3O6S/c24-18(21-14-6-8-16(9-7-14)23(27)28)12-29-20(26)13-3-1-4-15(11-13)22-19(25)17-5-2-10-30-17/h1-11H,12H2,(H,21,24)(H,22,25). The van der Waals surface area contributed by atoms with Crippen molar-refractivity contribution in [3.63, 3.8) is 0 Å². The highest BCUT2D eigenvalue weighted by Crippen LogP contribution is 2.17. The fourth-order valence-corrected chi connectivity index (χ4v) is 3.02. The number of nitrogens with zero attached hydrogens (tertiary/aromatic N) is 1. The predicted molar refractivity (Wildman–Crippen MR) is 111 cm³/mol. The van der Waals surface area contributed by atoms with Crippen molar-refractivity contribution in [3.8, 4) is 0 Å². The highest BCUT2D eigenvalue weighted by atomic mass is 32.1. The Bertz CT molecular complexity index is 1080. The van der Waals surface area contributed by atoms with Crippen LogP contribution in [0.3, 0.4) is 0 Å². The lowest BCUT2D eigenvalue weighted by atomic mass is 10.2. The summed E-state index contributed by atoms with van der Waals surface area (Å²) in [5.74, 6) is -1.63. The van der Waals surface area contributed by atoms with E-state index in [0.29, 0.717) is 16.3 Å². The number of rotatable bonds is 7. The Labute approximate surface area is 174 Å². The average Bonchev–Trinajstić information content (AvgIpc) is 3.28. The second-order valence-corrected chi connectivity index (χ2v) is 6.89. The summed E-state index contributed by atoms with van der Waals surface area (Å²) in [7, 11) is 0. The van der Waals surface area contributed by atoms with E-state index in [1.807, 2.05) is 0 Å². The van der Waals surface area contributed by atoms with Crippen LogP contribution in [0.4, 0.5) is 17.1 Å². The molecule has 0 saturated carbocycles. The third kappa shape index (κ3) is 5.49. The number of ether oxygens (including phenoxy) is 1. The van der Waals surface area contributed by atoms with Gasteiger partial charge in [0, 0.05) is 23.5 Å². The number of hydrogen-bond acceptors (Lipinski definition) is 7. The normalized spacial score (nSPS) is 10.1. The summed E-state index contributed by atoms with van der Waals surface area (Å²) in [6.07, 6.45) is 0. The molecule has 0 fully saturated rings. The largest absolute Gasteiger partial charge is 0.452 e. The van der Waals surface area contributed by atoms with Crippen LogP contribution in [0.5, 0.6) is 0 Å². The number of anilines is 2. The number of amides is 2. The Hall–Kier alpha value is -4.05. The quantitative estimate of drug-likeness (QED) is 0.337. The Morgan fingerprint density at radius 3 is 2.40 bits per heavy atom. The van der Waals surface area contributed by atoms with Crippen molar-refractivity contribution in [2.24, 2.45) is 0 Å². The first-order valence-corrected chi connectivity index (χ1v) is 9.47. The van der Waals surface area contributed by atoms with Gasteiger partial charge in [-0.05, 0) is 41.8 Å². The molecule has 0 saturated heterocycles. The minimum atomic E-state index is -0.735. The van der Waals surface area contributed by atoms with Gasteiger partial charge in [0.05, 0.1) is 15.4 Å². The van der Waals surface area contributed by atoms with Crippen LogP contribution in [0.15, 0.2) is 66.0 Å². The molecule has 0 spiro atoms. The first kappa shape index (κ1) is 20.7. The van der Waals surface area contributed by atoms with Crippen LogP contribution in [0.1, 0.15) is 20.0 Å². The maximum Gasteiger partial charge on any atom is 0.338 e. The number of nitrogens with one attached hydrogen (secondary N) is 2. The highest BCUT2D eigenvalue weighted by molar-refractivity contribution is 7.12. The first-order valence-electron chi connectivity index (χ1n) is 8.59. The lowest BCUT2D eigenvalue weighted by Gasteiger charge is -2.08. The summed E-state index contributed by atoms with van der Waals surface area (Å²) in [6.45, 7) is -0.540. The van der Waals surface area contributed by atoms with Crippen molar-refractivity contribution in [2.45, 2.75) is 0 Å². The molecule has 0 aliphatic rings. The summed E-state index contributed by atoms with van der Waals surface area (Å²) in [5, 5.41) is 17.6. The van der Waals surface area contributed by atoms with Crippen molar-refractivity contribution in [3.05, 3.63) is 86.6 Å². The van der Waals surface area contributed by atoms with Crippen LogP contribution in [0.2, 0.25) is 0 Å². The first-order chi connectivity index (χ1) is 14.4. The summed E-state index contributed by atoms with van der Waals surface area (Å²) in [6, 6.07) is 14.8. The number of hydrogen-bond donors (Lipinski definition) is 2. The fourth-order valence-electron chi connectivity index (χ4n) is 2.40. The second kappa shape index (κ2) is 9.43. The lowest BCUT2D eigenvalue weighted by Crippen LogP contribution is -2.21. The predicted octanol–water partition coefficient (Wildman–Crippen LogP) is 3.70. The van der Waals surface area contributed by atoms with Crippen LogP contribution in [0.25, 0.3) is 0 Å². The molecule has 3 rings (SSSR count). The molecule has 0 aliphatic carbocycles. The third-order valence-electron chi connectivity index (χ3n) is 3.80. The monoisotopic (exact) mass is 425 g/mol. The number of nitro benzene ring substituents is 1. The maximum atomic E-state index is 12.2. The van der Waals surface area contributed by atoms with E-state index in [-0.39, 0.29) is 17.2 Å². The Morgan fingerprint density at radius 2 is 1.73 bits per heavy atom. The zero-order valence-corrected chi connectivity index (χ0v) is 16.2. The third-order valence-corrected chi connectivity index (χ3v) is 4.67. The summed E-state index contributed by atoms with van der Waals surface area (Å²) < 4.78 is 4.99. The maximum absolute atomic E-state index is 12.2. The molecule has 152 valence electrons. The minimum absolute atomic E-state index is 0.106. The van der Waals surface area contributed by atoms with Crippen LogP contribution in [-0.4, -0.2) is 29.3 Å². The number of benzene rings is 2. The number of carbonyl (C=O) groups is 3. The van der Waals surface area contributed by atoms with E-state index in [0.717, 1.165) is 0 Å². The van der Waals surface area contributed by atoms with Gasteiger partial charge in [-0.2, -0.15) is 0 Å². The Morgan fingerprint density at radius 1 is 0.967 bits per heavy atom. The zero-order chi connectivity index (χ0) is 21.5. The molecule has 2 aromatic carbocycles. The van der Waals surface area contributed by atoms with Crippen molar-refractivity contribution >= 4 is 46.2 Å². The molecule has 10 heteroatoms. The molecule has 1 heterocycles. The molecule has 2 N–H and O–H groups in total. The van der Waals surface area contributed by atoms with Crippen LogP contribution in [0, 0.1) is 10.1 Å². The van der Waals surface area contributed by atoms with Crippen molar-refractivity contribution in [1.82, 2.24) is 0 Å². The van der Waals surface area contributed by atoms with Gasteiger partial charge in [0.1, 0.15) is 0 Å². The molecule has 0 bridgehead atoms. The number of non-ortho nitro benzene ring substituents is 1. The molecule has 0 atom stereocenters. The van der Waals surface area contributed by atoms with Crippen molar-refractivity contribution in [2.75, 3.05) is 17.2 Å². The molecular formula is C20H15N3O6S. The second-order valence-electron chi connectivity index (χ2n) is 5.94.